The number of nitrogens with one attached hydrogen (secondary N) is 1. The van der Waals surface area contributed by atoms with Gasteiger partial charge in [-0.25, -0.2) is 4.98 Å². The van der Waals surface area contributed by atoms with Crippen LogP contribution in [-0.2, 0) is 11.0 Å². The van der Waals surface area contributed by atoms with Crippen LogP contribution in [0.25, 0.3) is 11.0 Å². The first-order valence-electron chi connectivity index (χ1n) is 10.4. The number of likely N-dealkylation sites (tertiary alicyclic amines) is 1. The zero-order valence-electron chi connectivity index (χ0n) is 17.7. The lowest BCUT2D eigenvalue weighted by Gasteiger charge is -2.33. The summed E-state index contributed by atoms with van der Waals surface area (Å²) >= 11 is 0. The van der Waals surface area contributed by atoms with Gasteiger partial charge in [-0.2, -0.15) is 18.3 Å². The van der Waals surface area contributed by atoms with E-state index in [1.54, 1.807) is 11.8 Å². The smallest absolute Gasteiger partial charge is 0.417 e. The van der Waals surface area contributed by atoms with Gasteiger partial charge < -0.3 is 15.4 Å². The zero-order valence-corrected chi connectivity index (χ0v) is 17.7. The first kappa shape index (κ1) is 21.9. The summed E-state index contributed by atoms with van der Waals surface area (Å²) in [6.07, 6.45) is -4.24. The van der Waals surface area contributed by atoms with E-state index >= 15 is 0 Å². The Labute approximate surface area is 182 Å². The van der Waals surface area contributed by atoms with E-state index in [1.807, 2.05) is 31.2 Å². The number of aryl methyl sites for hydroxylation is 1. The van der Waals surface area contributed by atoms with E-state index in [-0.39, 0.29) is 28.7 Å². The molecule has 0 radical (unpaired) electrons. The first-order chi connectivity index (χ1) is 15.1. The maximum absolute atomic E-state index is 13.6. The van der Waals surface area contributed by atoms with Crippen LogP contribution in [-0.4, -0.2) is 45.2 Å². The fourth-order valence-corrected chi connectivity index (χ4v) is 4.02. The van der Waals surface area contributed by atoms with Crippen molar-refractivity contribution in [3.63, 3.8) is 0 Å². The molecule has 32 heavy (non-hydrogen) atoms. The van der Waals surface area contributed by atoms with Crippen LogP contribution in [0.2, 0.25) is 0 Å². The first-order valence-corrected chi connectivity index (χ1v) is 10.4. The van der Waals surface area contributed by atoms with Crippen molar-refractivity contribution in [2.75, 3.05) is 18.8 Å². The molecule has 1 fully saturated rings. The highest BCUT2D eigenvalue weighted by molar-refractivity contribution is 5.89. The predicted molar refractivity (Wildman–Crippen MR) is 113 cm³/mol. The van der Waals surface area contributed by atoms with Crippen LogP contribution < -0.4 is 10.5 Å². The maximum atomic E-state index is 13.6. The molecule has 1 aliphatic rings. The van der Waals surface area contributed by atoms with Crippen molar-refractivity contribution in [1.29, 1.82) is 0 Å². The third kappa shape index (κ3) is 4.35. The molecule has 170 valence electrons. The topological polar surface area (TPSA) is 97.1 Å². The second-order valence-electron chi connectivity index (χ2n) is 8.10. The van der Waals surface area contributed by atoms with Crippen LogP contribution in [0, 0.1) is 6.92 Å². The summed E-state index contributed by atoms with van der Waals surface area (Å²) in [5.41, 5.74) is 6.14. The van der Waals surface area contributed by atoms with E-state index in [0.29, 0.717) is 37.4 Å². The number of nitrogens with two attached hydrogens (primary N) is 1. The predicted octanol–water partition coefficient (Wildman–Crippen LogP) is 4.04. The van der Waals surface area contributed by atoms with Crippen molar-refractivity contribution >= 4 is 22.8 Å². The standard InChI is InChI=1S/C22H24F3N5O2/c1-12-3-5-15(6-4-12)32-13(2)21(31)30-9-7-14(8-10-30)17-11-16(22(23,24)25)18-19(26)28-29-20(18)27-17/h3-6,11,13-14H,7-10H2,1-2H3,(H3,26,27,28,29)/t13-/m1/s1. The van der Waals surface area contributed by atoms with Gasteiger partial charge >= 0.3 is 6.18 Å². The number of benzene rings is 1. The minimum absolute atomic E-state index is 0.0500. The van der Waals surface area contributed by atoms with Gasteiger partial charge in [0.25, 0.3) is 5.91 Å². The number of nitrogens with zero attached hydrogens (tertiary/aromatic N) is 3. The molecule has 0 bridgehead atoms. The van der Waals surface area contributed by atoms with E-state index in [2.05, 4.69) is 15.2 Å². The van der Waals surface area contributed by atoms with Gasteiger partial charge in [0, 0.05) is 24.7 Å². The number of amides is 1. The Kier molecular flexibility index (Phi) is 5.70. The molecule has 1 atom stereocenters. The number of aromatic nitrogens is 3. The van der Waals surface area contributed by atoms with Gasteiger partial charge in [-0.3, -0.25) is 9.89 Å². The van der Waals surface area contributed by atoms with Gasteiger partial charge in [-0.1, -0.05) is 17.7 Å². The van der Waals surface area contributed by atoms with E-state index in [1.165, 1.54) is 0 Å². The summed E-state index contributed by atoms with van der Waals surface area (Å²) in [6.45, 7) is 4.49. The third-order valence-corrected chi connectivity index (χ3v) is 5.78. The number of hydrogen-bond acceptors (Lipinski definition) is 5. The number of rotatable bonds is 4. The quantitative estimate of drug-likeness (QED) is 0.629. The SMILES string of the molecule is Cc1ccc(O[C@H](C)C(=O)N2CCC(c3cc(C(F)(F)F)c4c(N)[nH]nc4n3)CC2)cc1. The number of fused-ring (bicyclic) bond motifs is 1. The Bertz CT molecular complexity index is 1120. The normalized spacial score (nSPS) is 16.3. The van der Waals surface area contributed by atoms with Gasteiger partial charge in [-0.05, 0) is 44.9 Å². The van der Waals surface area contributed by atoms with Gasteiger partial charge in [-0.15, -0.1) is 0 Å². The molecule has 0 saturated carbocycles. The maximum Gasteiger partial charge on any atom is 0.417 e. The summed E-state index contributed by atoms with van der Waals surface area (Å²) in [4.78, 5) is 18.8. The average Bonchev–Trinajstić information content (AvgIpc) is 3.14. The summed E-state index contributed by atoms with van der Waals surface area (Å²) in [5.74, 6) is 0.0930. The number of aromatic amines is 1. The summed E-state index contributed by atoms with van der Waals surface area (Å²) in [7, 11) is 0. The Hall–Kier alpha value is -3.30. The van der Waals surface area contributed by atoms with Crippen molar-refractivity contribution in [2.24, 2.45) is 0 Å². The molecule has 0 unspecified atom stereocenters. The molecule has 2 aromatic heterocycles. The van der Waals surface area contributed by atoms with Crippen molar-refractivity contribution < 1.29 is 22.7 Å². The Morgan fingerprint density at radius 2 is 1.91 bits per heavy atom. The zero-order chi connectivity index (χ0) is 23.0. The highest BCUT2D eigenvalue weighted by Crippen LogP contribution is 2.39. The largest absolute Gasteiger partial charge is 0.481 e. The van der Waals surface area contributed by atoms with Gasteiger partial charge in [0.05, 0.1) is 10.9 Å². The van der Waals surface area contributed by atoms with Crippen LogP contribution >= 0.6 is 0 Å². The van der Waals surface area contributed by atoms with Crippen molar-refractivity contribution in [3.05, 3.63) is 47.2 Å². The highest BCUT2D eigenvalue weighted by atomic mass is 19.4. The summed E-state index contributed by atoms with van der Waals surface area (Å²) < 4.78 is 46.5. The molecule has 4 rings (SSSR count). The minimum Gasteiger partial charge on any atom is -0.481 e. The molecule has 1 amide bonds. The third-order valence-electron chi connectivity index (χ3n) is 5.78. The number of nitrogen functional groups attached to an aromatic ring is 1. The Morgan fingerprint density at radius 3 is 2.53 bits per heavy atom. The molecule has 3 N–H and O–H groups in total. The van der Waals surface area contributed by atoms with Crippen molar-refractivity contribution in [3.8, 4) is 5.75 Å². The van der Waals surface area contributed by atoms with E-state index < -0.39 is 17.8 Å². The summed E-state index contributed by atoms with van der Waals surface area (Å²) in [5, 5.41) is 5.98. The van der Waals surface area contributed by atoms with Crippen LogP contribution in [0.15, 0.2) is 30.3 Å². The molecule has 10 heteroatoms. The Morgan fingerprint density at radius 1 is 1.25 bits per heavy atom. The van der Waals surface area contributed by atoms with Crippen LogP contribution in [0.5, 0.6) is 5.75 Å². The van der Waals surface area contributed by atoms with Gasteiger partial charge in [0.2, 0.25) is 0 Å². The van der Waals surface area contributed by atoms with Crippen molar-refractivity contribution in [2.45, 2.75) is 44.9 Å². The molecule has 1 aromatic carbocycles. The summed E-state index contributed by atoms with van der Waals surface area (Å²) in [6, 6.07) is 8.49. The molecular formula is C22H24F3N5O2. The number of halogens is 3. The van der Waals surface area contributed by atoms with Gasteiger partial charge in [0.15, 0.2) is 11.8 Å². The molecule has 1 saturated heterocycles. The molecule has 3 aromatic rings. The number of hydrogen-bond donors (Lipinski definition) is 2. The fraction of sp³-hybridized carbons (Fsp3) is 0.409. The number of H-pyrrole nitrogens is 1. The number of carbonyl (C=O) groups excluding carboxylic acids is 1. The lowest BCUT2D eigenvalue weighted by atomic mass is 9.91. The monoisotopic (exact) mass is 447 g/mol. The van der Waals surface area contributed by atoms with Crippen molar-refractivity contribution in [1.82, 2.24) is 20.1 Å². The molecule has 0 aliphatic carbocycles. The molecule has 1 aliphatic heterocycles. The number of carbonyl (C=O) groups is 1. The Balaban J connectivity index is 1.45. The second-order valence-corrected chi connectivity index (χ2v) is 8.10. The molecule has 0 spiro atoms. The average molecular weight is 447 g/mol. The number of ether oxygens (including phenoxy) is 1. The lowest BCUT2D eigenvalue weighted by Crippen LogP contribution is -2.44. The number of alkyl halides is 3. The molecule has 3 heterocycles. The van der Waals surface area contributed by atoms with E-state index in [9.17, 15) is 18.0 Å². The van der Waals surface area contributed by atoms with Crippen LogP contribution in [0.1, 0.15) is 42.5 Å². The van der Waals surface area contributed by atoms with E-state index in [0.717, 1.165) is 11.6 Å². The molecular weight excluding hydrogens is 423 g/mol. The minimum atomic E-state index is -4.58. The highest BCUT2D eigenvalue weighted by Gasteiger charge is 2.36. The second kappa shape index (κ2) is 8.33. The fourth-order valence-electron chi connectivity index (χ4n) is 4.02. The number of piperidine rings is 1. The number of pyridine rings is 1. The number of anilines is 1. The van der Waals surface area contributed by atoms with Crippen LogP contribution in [0.4, 0.5) is 19.0 Å². The van der Waals surface area contributed by atoms with E-state index in [4.69, 9.17) is 10.5 Å². The lowest BCUT2D eigenvalue weighted by molar-refractivity contribution is -0.139. The molecule has 7 nitrogen and oxygen atoms in total. The van der Waals surface area contributed by atoms with Gasteiger partial charge in [0.1, 0.15) is 11.6 Å². The van der Waals surface area contributed by atoms with Crippen LogP contribution in [0.3, 0.4) is 0 Å².